The van der Waals surface area contributed by atoms with Crippen LogP contribution < -0.4 is 21.9 Å². The summed E-state index contributed by atoms with van der Waals surface area (Å²) in [6.45, 7) is 2.46. The van der Waals surface area contributed by atoms with E-state index in [1.807, 2.05) is 0 Å². The Morgan fingerprint density at radius 1 is 1.58 bits per heavy atom. The molecule has 102 valence electrons. The molecule has 7 nitrogen and oxygen atoms in total. The molecule has 5 N–H and O–H groups in total. The zero-order valence-corrected chi connectivity index (χ0v) is 10.7. The number of hydrogen-bond donors (Lipinski definition) is 4. The molecule has 2 amide bonds. The molecule has 7 heteroatoms. The molecular formula is C12H17N5O2. The molecule has 1 aliphatic rings. The average molecular weight is 263 g/mol. The third-order valence-electron chi connectivity index (χ3n) is 3.03. The van der Waals surface area contributed by atoms with Crippen LogP contribution in [0, 0.1) is 6.92 Å². The van der Waals surface area contributed by atoms with Gasteiger partial charge in [0.15, 0.2) is 0 Å². The number of piperidine rings is 1. The predicted octanol–water partition coefficient (Wildman–Crippen LogP) is -0.316. The summed E-state index contributed by atoms with van der Waals surface area (Å²) in [4.78, 5) is 27.8. The number of carbonyl (C=O) groups excluding carboxylic acids is 2. The molecule has 2 heterocycles. The lowest BCUT2D eigenvalue weighted by molar-refractivity contribution is -0.124. The lowest BCUT2D eigenvalue weighted by atomic mass is 10.1. The number of nitrogens with two attached hydrogens (primary N) is 1. The van der Waals surface area contributed by atoms with Gasteiger partial charge in [-0.1, -0.05) is 0 Å². The Hall–Kier alpha value is -2.15. The fourth-order valence-electron chi connectivity index (χ4n) is 2.01. The molecule has 1 atom stereocenters. The van der Waals surface area contributed by atoms with Crippen molar-refractivity contribution in [1.82, 2.24) is 15.6 Å². The number of aryl methyl sites for hydroxylation is 1. The molecule has 0 spiro atoms. The van der Waals surface area contributed by atoms with E-state index in [-0.39, 0.29) is 11.8 Å². The number of nitrogen functional groups attached to an aromatic ring is 1. The molecule has 0 bridgehead atoms. The lowest BCUT2D eigenvalue weighted by Gasteiger charge is -2.23. The van der Waals surface area contributed by atoms with Crippen LogP contribution in [0.15, 0.2) is 12.3 Å². The standard InChI is InChI=1S/C12H17N5O2/c1-7-5-10(17-13)8(6-15-7)11(18)16-9-3-2-4-14-12(9)19/h5-6,9H,2-4,13H2,1H3,(H,14,19)(H,15,17)(H,16,18). The SMILES string of the molecule is Cc1cc(NN)c(C(=O)NC2CCCNC2=O)cn1. The lowest BCUT2D eigenvalue weighted by Crippen LogP contribution is -2.50. The molecule has 0 saturated carbocycles. The van der Waals surface area contributed by atoms with Crippen molar-refractivity contribution < 1.29 is 9.59 Å². The maximum Gasteiger partial charge on any atom is 0.255 e. The second-order valence-electron chi connectivity index (χ2n) is 4.47. The summed E-state index contributed by atoms with van der Waals surface area (Å²) in [7, 11) is 0. The molecule has 1 unspecified atom stereocenters. The van der Waals surface area contributed by atoms with Gasteiger partial charge in [-0.2, -0.15) is 0 Å². The van der Waals surface area contributed by atoms with Crippen molar-refractivity contribution >= 4 is 17.5 Å². The number of amides is 2. The summed E-state index contributed by atoms with van der Waals surface area (Å²) in [6.07, 6.45) is 2.94. The number of rotatable bonds is 3. The molecular weight excluding hydrogens is 246 g/mol. The zero-order chi connectivity index (χ0) is 13.8. The van der Waals surface area contributed by atoms with E-state index in [0.717, 1.165) is 12.1 Å². The van der Waals surface area contributed by atoms with Gasteiger partial charge in [-0.15, -0.1) is 0 Å². The molecule has 2 rings (SSSR count). The van der Waals surface area contributed by atoms with Gasteiger partial charge in [-0.3, -0.25) is 20.4 Å². The first-order valence-corrected chi connectivity index (χ1v) is 6.13. The number of aromatic nitrogens is 1. The predicted molar refractivity (Wildman–Crippen MR) is 70.3 cm³/mol. The Morgan fingerprint density at radius 2 is 2.37 bits per heavy atom. The van der Waals surface area contributed by atoms with Crippen LogP contribution in [0.4, 0.5) is 5.69 Å². The minimum Gasteiger partial charge on any atom is -0.354 e. The smallest absolute Gasteiger partial charge is 0.255 e. The van der Waals surface area contributed by atoms with Gasteiger partial charge in [0.05, 0.1) is 11.3 Å². The highest BCUT2D eigenvalue weighted by Crippen LogP contribution is 2.15. The second kappa shape index (κ2) is 5.66. The van der Waals surface area contributed by atoms with Gasteiger partial charge in [0, 0.05) is 18.4 Å². The first-order valence-electron chi connectivity index (χ1n) is 6.13. The molecule has 1 fully saturated rings. The molecule has 1 saturated heterocycles. The molecule has 19 heavy (non-hydrogen) atoms. The van der Waals surface area contributed by atoms with Crippen LogP contribution in [0.3, 0.4) is 0 Å². The van der Waals surface area contributed by atoms with Gasteiger partial charge in [0.2, 0.25) is 5.91 Å². The van der Waals surface area contributed by atoms with Crippen LogP contribution in [-0.2, 0) is 4.79 Å². The fraction of sp³-hybridized carbons (Fsp3) is 0.417. The third kappa shape index (κ3) is 3.00. The Morgan fingerprint density at radius 3 is 3.05 bits per heavy atom. The number of hydrogen-bond acceptors (Lipinski definition) is 5. The van der Waals surface area contributed by atoms with E-state index in [1.165, 1.54) is 6.20 Å². The van der Waals surface area contributed by atoms with Gasteiger partial charge < -0.3 is 16.1 Å². The summed E-state index contributed by atoms with van der Waals surface area (Å²) in [5.74, 6) is 4.87. The van der Waals surface area contributed by atoms with Gasteiger partial charge >= 0.3 is 0 Å². The van der Waals surface area contributed by atoms with Crippen LogP contribution in [-0.4, -0.2) is 29.4 Å². The van der Waals surface area contributed by atoms with Gasteiger partial charge in [0.1, 0.15) is 6.04 Å². The van der Waals surface area contributed by atoms with Crippen molar-refractivity contribution in [2.24, 2.45) is 5.84 Å². The van der Waals surface area contributed by atoms with E-state index >= 15 is 0 Å². The van der Waals surface area contributed by atoms with E-state index < -0.39 is 6.04 Å². The first-order chi connectivity index (χ1) is 9.11. The van der Waals surface area contributed by atoms with Crippen LogP contribution in [0.25, 0.3) is 0 Å². The quantitative estimate of drug-likeness (QED) is 0.441. The topological polar surface area (TPSA) is 109 Å². The number of pyridine rings is 1. The van der Waals surface area contributed by atoms with Crippen molar-refractivity contribution in [2.45, 2.75) is 25.8 Å². The zero-order valence-electron chi connectivity index (χ0n) is 10.7. The minimum absolute atomic E-state index is 0.151. The molecule has 0 radical (unpaired) electrons. The Balaban J connectivity index is 2.13. The van der Waals surface area contributed by atoms with Crippen molar-refractivity contribution in [1.29, 1.82) is 0 Å². The van der Waals surface area contributed by atoms with E-state index in [2.05, 4.69) is 21.0 Å². The highest BCUT2D eigenvalue weighted by molar-refractivity contribution is 6.01. The molecule has 1 aliphatic heterocycles. The summed E-state index contributed by atoms with van der Waals surface area (Å²) in [5.41, 5.74) is 4.03. The summed E-state index contributed by atoms with van der Waals surface area (Å²) < 4.78 is 0. The van der Waals surface area contributed by atoms with Crippen molar-refractivity contribution in [3.63, 3.8) is 0 Å². The minimum atomic E-state index is -0.492. The largest absolute Gasteiger partial charge is 0.354 e. The number of anilines is 1. The summed E-state index contributed by atoms with van der Waals surface area (Å²) in [6, 6.07) is 1.18. The van der Waals surface area contributed by atoms with Crippen LogP contribution in [0.5, 0.6) is 0 Å². The Labute approximate surface area is 110 Å². The van der Waals surface area contributed by atoms with E-state index in [1.54, 1.807) is 13.0 Å². The van der Waals surface area contributed by atoms with Crippen LogP contribution >= 0.6 is 0 Å². The number of nitrogens with zero attached hydrogens (tertiary/aromatic N) is 1. The van der Waals surface area contributed by atoms with Crippen molar-refractivity contribution in [2.75, 3.05) is 12.0 Å². The third-order valence-corrected chi connectivity index (χ3v) is 3.03. The normalized spacial score (nSPS) is 18.6. The van der Waals surface area contributed by atoms with Gasteiger partial charge in [-0.05, 0) is 25.8 Å². The Kier molecular flexibility index (Phi) is 3.96. The highest BCUT2D eigenvalue weighted by Gasteiger charge is 2.25. The molecule has 1 aromatic heterocycles. The average Bonchev–Trinajstić information content (AvgIpc) is 2.41. The monoisotopic (exact) mass is 263 g/mol. The number of carbonyl (C=O) groups is 2. The highest BCUT2D eigenvalue weighted by atomic mass is 16.2. The second-order valence-corrected chi connectivity index (χ2v) is 4.47. The van der Waals surface area contributed by atoms with E-state index in [4.69, 9.17) is 5.84 Å². The first kappa shape index (κ1) is 13.3. The fourth-order valence-corrected chi connectivity index (χ4v) is 2.01. The maximum atomic E-state index is 12.1. The van der Waals surface area contributed by atoms with Crippen molar-refractivity contribution in [3.05, 3.63) is 23.5 Å². The Bertz CT molecular complexity index is 503. The van der Waals surface area contributed by atoms with E-state index in [9.17, 15) is 9.59 Å². The van der Waals surface area contributed by atoms with Crippen LogP contribution in [0.1, 0.15) is 28.9 Å². The summed E-state index contributed by atoms with van der Waals surface area (Å²) in [5, 5.41) is 5.41. The van der Waals surface area contributed by atoms with Gasteiger partial charge in [-0.25, -0.2) is 0 Å². The van der Waals surface area contributed by atoms with Crippen molar-refractivity contribution in [3.8, 4) is 0 Å². The maximum absolute atomic E-state index is 12.1. The molecule has 0 aliphatic carbocycles. The van der Waals surface area contributed by atoms with Gasteiger partial charge in [0.25, 0.3) is 5.91 Å². The van der Waals surface area contributed by atoms with E-state index in [0.29, 0.717) is 24.2 Å². The van der Waals surface area contributed by atoms with Crippen LogP contribution in [0.2, 0.25) is 0 Å². The molecule has 1 aromatic rings. The number of nitrogens with one attached hydrogen (secondary N) is 3. The summed E-state index contributed by atoms with van der Waals surface area (Å²) >= 11 is 0. The number of hydrazine groups is 1. The molecule has 0 aromatic carbocycles.